The summed E-state index contributed by atoms with van der Waals surface area (Å²) in [6.45, 7) is 1.60. The second-order valence-corrected chi connectivity index (χ2v) is 6.80. The predicted octanol–water partition coefficient (Wildman–Crippen LogP) is 2.63. The number of ether oxygens (including phenoxy) is 1. The van der Waals surface area contributed by atoms with Crippen molar-refractivity contribution in [2.24, 2.45) is 0 Å². The molecule has 0 aromatic heterocycles. The maximum atomic E-state index is 12.9. The van der Waals surface area contributed by atoms with Crippen LogP contribution in [0.25, 0.3) is 0 Å². The van der Waals surface area contributed by atoms with E-state index in [0.717, 1.165) is 12.1 Å². The highest BCUT2D eigenvalue weighted by Gasteiger charge is 2.18. The third-order valence-corrected chi connectivity index (χ3v) is 5.06. The minimum Gasteiger partial charge on any atom is -0.372 e. The smallest absolute Gasteiger partial charge is 0.253 e. The zero-order chi connectivity index (χ0) is 17.0. The van der Waals surface area contributed by atoms with Crippen LogP contribution in [0.4, 0.5) is 10.1 Å². The van der Waals surface area contributed by atoms with Crippen molar-refractivity contribution in [1.82, 2.24) is 0 Å². The van der Waals surface area contributed by atoms with E-state index in [4.69, 9.17) is 4.74 Å². The Balaban J connectivity index is 2.22. The van der Waals surface area contributed by atoms with Crippen LogP contribution in [-0.2, 0) is 19.4 Å². The molecule has 1 N–H and O–H groups in total. The minimum absolute atomic E-state index is 0.00342. The van der Waals surface area contributed by atoms with Gasteiger partial charge in [0.05, 0.1) is 9.79 Å². The molecular weight excluding hydrogens is 321 g/mol. The summed E-state index contributed by atoms with van der Waals surface area (Å²) >= 11 is 0. The lowest BCUT2D eigenvalue weighted by Crippen LogP contribution is -2.26. The minimum atomic E-state index is -3.73. The summed E-state index contributed by atoms with van der Waals surface area (Å²) in [5.41, 5.74) is 0.456. The maximum Gasteiger partial charge on any atom is 0.253 e. The summed E-state index contributed by atoms with van der Waals surface area (Å²) in [4.78, 5) is 11.7. The monoisotopic (exact) mass is 337 g/mol. The number of carbonyl (C=O) groups excluding carboxylic acids is 1. The van der Waals surface area contributed by atoms with Crippen LogP contribution in [0.1, 0.15) is 6.92 Å². The number of amides is 1. The molecule has 0 radical (unpaired) electrons. The van der Waals surface area contributed by atoms with Gasteiger partial charge in [-0.1, -0.05) is 0 Å². The Kier molecular flexibility index (Phi) is 5.12. The Bertz CT molecular complexity index is 786. The lowest BCUT2D eigenvalue weighted by molar-refractivity contribution is -0.124. The number of hydrogen-bond donors (Lipinski definition) is 1. The first kappa shape index (κ1) is 17.1. The number of methoxy groups -OCH3 is 1. The van der Waals surface area contributed by atoms with Gasteiger partial charge in [0.1, 0.15) is 11.9 Å². The molecule has 2 aromatic carbocycles. The SMILES string of the molecule is COC(C)C(=O)Nc1ccc(S(=O)(=O)c2ccc(F)cc2)cc1. The van der Waals surface area contributed by atoms with E-state index in [1.165, 1.54) is 43.5 Å². The van der Waals surface area contributed by atoms with Crippen LogP contribution in [0.5, 0.6) is 0 Å². The number of nitrogens with one attached hydrogen (secondary N) is 1. The van der Waals surface area contributed by atoms with Crippen molar-refractivity contribution in [3.63, 3.8) is 0 Å². The molecule has 0 spiro atoms. The average Bonchev–Trinajstić information content (AvgIpc) is 2.55. The molecule has 23 heavy (non-hydrogen) atoms. The predicted molar refractivity (Wildman–Crippen MR) is 83.4 cm³/mol. The van der Waals surface area contributed by atoms with Gasteiger partial charge in [0.15, 0.2) is 0 Å². The topological polar surface area (TPSA) is 72.5 Å². The van der Waals surface area contributed by atoms with E-state index >= 15 is 0 Å². The Morgan fingerprint density at radius 3 is 2.00 bits per heavy atom. The number of halogens is 1. The molecule has 0 fully saturated rings. The molecule has 0 aliphatic rings. The highest BCUT2D eigenvalue weighted by molar-refractivity contribution is 7.91. The summed E-state index contributed by atoms with van der Waals surface area (Å²) in [5, 5.41) is 2.61. The van der Waals surface area contributed by atoms with Crippen LogP contribution in [0.15, 0.2) is 58.3 Å². The van der Waals surface area contributed by atoms with Gasteiger partial charge in [0.25, 0.3) is 5.91 Å². The molecule has 0 aliphatic carbocycles. The molecule has 1 atom stereocenters. The summed E-state index contributed by atoms with van der Waals surface area (Å²) in [5.74, 6) is -0.837. The zero-order valence-electron chi connectivity index (χ0n) is 12.6. The Morgan fingerprint density at radius 1 is 1.04 bits per heavy atom. The quantitative estimate of drug-likeness (QED) is 0.851. The van der Waals surface area contributed by atoms with Gasteiger partial charge in [0.2, 0.25) is 9.84 Å². The van der Waals surface area contributed by atoms with Crippen molar-refractivity contribution < 1.29 is 22.3 Å². The Labute approximate surface area is 134 Å². The highest BCUT2D eigenvalue weighted by atomic mass is 32.2. The molecule has 5 nitrogen and oxygen atoms in total. The third-order valence-electron chi connectivity index (χ3n) is 3.28. The number of anilines is 1. The molecule has 0 saturated carbocycles. The van der Waals surface area contributed by atoms with Crippen LogP contribution in [0.3, 0.4) is 0 Å². The van der Waals surface area contributed by atoms with Crippen molar-refractivity contribution in [2.45, 2.75) is 22.8 Å². The second-order valence-electron chi connectivity index (χ2n) is 4.85. The van der Waals surface area contributed by atoms with Crippen molar-refractivity contribution in [1.29, 1.82) is 0 Å². The van der Waals surface area contributed by atoms with E-state index in [0.29, 0.717) is 5.69 Å². The van der Waals surface area contributed by atoms with E-state index in [-0.39, 0.29) is 15.7 Å². The molecule has 2 rings (SSSR count). The molecule has 0 heterocycles. The van der Waals surface area contributed by atoms with Crippen molar-refractivity contribution in [3.05, 3.63) is 54.3 Å². The number of sulfone groups is 1. The zero-order valence-corrected chi connectivity index (χ0v) is 13.4. The fraction of sp³-hybridized carbons (Fsp3) is 0.188. The fourth-order valence-corrected chi connectivity index (χ4v) is 3.08. The number of hydrogen-bond acceptors (Lipinski definition) is 4. The molecule has 122 valence electrons. The molecule has 1 amide bonds. The van der Waals surface area contributed by atoms with Gasteiger partial charge >= 0.3 is 0 Å². The number of carbonyl (C=O) groups is 1. The van der Waals surface area contributed by atoms with E-state index < -0.39 is 21.8 Å². The van der Waals surface area contributed by atoms with E-state index in [1.54, 1.807) is 6.92 Å². The summed E-state index contributed by atoms with van der Waals surface area (Å²) < 4.78 is 42.6. The van der Waals surface area contributed by atoms with Crippen LogP contribution >= 0.6 is 0 Å². The number of benzene rings is 2. The first-order valence-corrected chi connectivity index (χ1v) is 8.27. The van der Waals surface area contributed by atoms with Crippen molar-refractivity contribution in [2.75, 3.05) is 12.4 Å². The van der Waals surface area contributed by atoms with E-state index in [2.05, 4.69) is 5.32 Å². The Hall–Kier alpha value is -2.25. The Morgan fingerprint density at radius 2 is 1.52 bits per heavy atom. The average molecular weight is 337 g/mol. The van der Waals surface area contributed by atoms with E-state index in [9.17, 15) is 17.6 Å². The van der Waals surface area contributed by atoms with Gasteiger partial charge in [-0.25, -0.2) is 12.8 Å². The van der Waals surface area contributed by atoms with Crippen LogP contribution < -0.4 is 5.32 Å². The third kappa shape index (κ3) is 3.94. The van der Waals surface area contributed by atoms with Crippen molar-refractivity contribution >= 4 is 21.4 Å². The lowest BCUT2D eigenvalue weighted by Gasteiger charge is -2.11. The van der Waals surface area contributed by atoms with Crippen LogP contribution in [0, 0.1) is 5.82 Å². The first-order chi connectivity index (χ1) is 10.8. The van der Waals surface area contributed by atoms with Crippen molar-refractivity contribution in [3.8, 4) is 0 Å². The molecule has 0 bridgehead atoms. The van der Waals surface area contributed by atoms with Gasteiger partial charge in [-0.05, 0) is 55.5 Å². The van der Waals surface area contributed by atoms with Gasteiger partial charge in [-0.3, -0.25) is 4.79 Å². The normalized spacial score (nSPS) is 12.7. The summed E-state index contributed by atoms with van der Waals surface area (Å²) in [6.07, 6.45) is -0.613. The number of rotatable bonds is 5. The standard InChI is InChI=1S/C16H16FNO4S/c1-11(22-2)16(19)18-13-5-9-15(10-6-13)23(20,21)14-7-3-12(17)4-8-14/h3-11H,1-2H3,(H,18,19). The lowest BCUT2D eigenvalue weighted by atomic mass is 10.3. The van der Waals surface area contributed by atoms with Gasteiger partial charge in [0, 0.05) is 12.8 Å². The molecular formula is C16H16FNO4S. The summed E-state index contributed by atoms with van der Waals surface area (Å²) in [7, 11) is -2.31. The molecule has 0 saturated heterocycles. The van der Waals surface area contributed by atoms with Gasteiger partial charge in [-0.15, -0.1) is 0 Å². The molecule has 7 heteroatoms. The van der Waals surface area contributed by atoms with Gasteiger partial charge < -0.3 is 10.1 Å². The molecule has 2 aromatic rings. The summed E-state index contributed by atoms with van der Waals surface area (Å²) in [6, 6.07) is 10.3. The second kappa shape index (κ2) is 6.89. The largest absolute Gasteiger partial charge is 0.372 e. The first-order valence-electron chi connectivity index (χ1n) is 6.79. The fourth-order valence-electron chi connectivity index (χ4n) is 1.82. The van der Waals surface area contributed by atoms with Crippen LogP contribution in [-0.4, -0.2) is 27.5 Å². The molecule has 1 unspecified atom stereocenters. The molecule has 0 aliphatic heterocycles. The van der Waals surface area contributed by atoms with E-state index in [1.807, 2.05) is 0 Å². The van der Waals surface area contributed by atoms with Gasteiger partial charge in [-0.2, -0.15) is 0 Å². The van der Waals surface area contributed by atoms with Crippen LogP contribution in [0.2, 0.25) is 0 Å². The highest BCUT2D eigenvalue weighted by Crippen LogP contribution is 2.22. The maximum absolute atomic E-state index is 12.9.